The van der Waals surface area contributed by atoms with Crippen molar-refractivity contribution in [3.05, 3.63) is 81.7 Å². The SMILES string of the molecule is CCOC(=O)c1c(NC(=O)COC(=O)c2cccc(N)c2)sc2c1CCC(c1ccccc1)C2. The number of rotatable bonds is 7. The maximum Gasteiger partial charge on any atom is 0.341 e. The van der Waals surface area contributed by atoms with E-state index in [1.165, 1.54) is 23.0 Å². The summed E-state index contributed by atoms with van der Waals surface area (Å²) in [7, 11) is 0. The van der Waals surface area contributed by atoms with E-state index in [1.807, 2.05) is 18.2 Å². The lowest BCUT2D eigenvalue weighted by atomic mass is 9.83. The maximum absolute atomic E-state index is 12.8. The first-order valence-electron chi connectivity index (χ1n) is 11.1. The summed E-state index contributed by atoms with van der Waals surface area (Å²) in [5.74, 6) is -1.28. The van der Waals surface area contributed by atoms with Crippen LogP contribution in [0.4, 0.5) is 10.7 Å². The lowest BCUT2D eigenvalue weighted by molar-refractivity contribution is -0.119. The molecule has 0 fully saturated rings. The second-order valence-corrected chi connectivity index (χ2v) is 9.13. The zero-order chi connectivity index (χ0) is 24.1. The molecule has 8 heteroatoms. The predicted molar refractivity (Wildman–Crippen MR) is 131 cm³/mol. The van der Waals surface area contributed by atoms with Gasteiger partial charge in [-0.3, -0.25) is 4.79 Å². The average molecular weight is 479 g/mol. The highest BCUT2D eigenvalue weighted by Crippen LogP contribution is 2.42. The van der Waals surface area contributed by atoms with E-state index in [1.54, 1.807) is 25.1 Å². The van der Waals surface area contributed by atoms with E-state index in [0.717, 1.165) is 29.7 Å². The zero-order valence-corrected chi connectivity index (χ0v) is 19.7. The Labute approximate surface area is 201 Å². The number of nitrogen functional groups attached to an aromatic ring is 1. The molecule has 0 bridgehead atoms. The summed E-state index contributed by atoms with van der Waals surface area (Å²) in [6, 6.07) is 16.6. The van der Waals surface area contributed by atoms with Crippen molar-refractivity contribution >= 4 is 39.9 Å². The molecular formula is C26H26N2O5S. The van der Waals surface area contributed by atoms with E-state index in [0.29, 0.717) is 22.2 Å². The Morgan fingerprint density at radius 2 is 1.85 bits per heavy atom. The van der Waals surface area contributed by atoms with Crippen molar-refractivity contribution in [3.63, 3.8) is 0 Å². The van der Waals surface area contributed by atoms with Crippen LogP contribution in [-0.2, 0) is 27.1 Å². The van der Waals surface area contributed by atoms with Gasteiger partial charge < -0.3 is 20.5 Å². The first-order chi connectivity index (χ1) is 16.5. The maximum atomic E-state index is 12.8. The summed E-state index contributed by atoms with van der Waals surface area (Å²) in [5.41, 5.74) is 8.98. The number of thiophene rings is 1. The van der Waals surface area contributed by atoms with Crippen LogP contribution in [0.5, 0.6) is 0 Å². The third kappa shape index (κ3) is 5.28. The summed E-state index contributed by atoms with van der Waals surface area (Å²) in [5, 5.41) is 3.19. The van der Waals surface area contributed by atoms with E-state index in [4.69, 9.17) is 15.2 Å². The van der Waals surface area contributed by atoms with E-state index in [9.17, 15) is 14.4 Å². The molecule has 1 heterocycles. The minimum absolute atomic E-state index is 0.237. The molecule has 34 heavy (non-hydrogen) atoms. The van der Waals surface area contributed by atoms with Crippen LogP contribution in [0.15, 0.2) is 54.6 Å². The Morgan fingerprint density at radius 1 is 1.06 bits per heavy atom. The van der Waals surface area contributed by atoms with Gasteiger partial charge >= 0.3 is 11.9 Å². The van der Waals surface area contributed by atoms with Gasteiger partial charge in [-0.2, -0.15) is 0 Å². The van der Waals surface area contributed by atoms with Gasteiger partial charge in [0.2, 0.25) is 0 Å². The molecule has 1 unspecified atom stereocenters. The fourth-order valence-electron chi connectivity index (χ4n) is 4.15. The summed E-state index contributed by atoms with van der Waals surface area (Å²) in [6.07, 6.45) is 2.42. The number of carbonyl (C=O) groups excluding carboxylic acids is 3. The number of esters is 2. The van der Waals surface area contributed by atoms with Crippen LogP contribution >= 0.6 is 11.3 Å². The van der Waals surface area contributed by atoms with Gasteiger partial charge in [-0.25, -0.2) is 9.59 Å². The van der Waals surface area contributed by atoms with E-state index in [2.05, 4.69) is 17.4 Å². The molecule has 7 nitrogen and oxygen atoms in total. The summed E-state index contributed by atoms with van der Waals surface area (Å²) in [6.45, 7) is 1.50. The normalized spacial score (nSPS) is 14.7. The highest BCUT2D eigenvalue weighted by molar-refractivity contribution is 7.17. The third-order valence-corrected chi connectivity index (χ3v) is 6.90. The van der Waals surface area contributed by atoms with Crippen molar-refractivity contribution in [2.45, 2.75) is 32.1 Å². The molecule has 3 N–H and O–H groups in total. The van der Waals surface area contributed by atoms with Gasteiger partial charge in [0.25, 0.3) is 5.91 Å². The first kappa shape index (κ1) is 23.5. The number of fused-ring (bicyclic) bond motifs is 1. The molecule has 0 saturated heterocycles. The molecule has 0 aliphatic heterocycles. The molecule has 1 aromatic heterocycles. The fourth-order valence-corrected chi connectivity index (χ4v) is 5.48. The van der Waals surface area contributed by atoms with Crippen LogP contribution in [0.1, 0.15) is 56.0 Å². The number of ether oxygens (including phenoxy) is 2. The Hall–Kier alpha value is -3.65. The minimum atomic E-state index is -0.649. The monoisotopic (exact) mass is 478 g/mol. The lowest BCUT2D eigenvalue weighted by Crippen LogP contribution is -2.22. The lowest BCUT2D eigenvalue weighted by Gasteiger charge is -2.23. The largest absolute Gasteiger partial charge is 0.462 e. The number of amides is 1. The van der Waals surface area contributed by atoms with Crippen LogP contribution in [0.3, 0.4) is 0 Å². The van der Waals surface area contributed by atoms with Gasteiger partial charge in [0.05, 0.1) is 17.7 Å². The topological polar surface area (TPSA) is 108 Å². The van der Waals surface area contributed by atoms with Crippen LogP contribution in [0.2, 0.25) is 0 Å². The van der Waals surface area contributed by atoms with Crippen LogP contribution in [0, 0.1) is 0 Å². The molecule has 1 aliphatic carbocycles. The number of hydrogen-bond acceptors (Lipinski definition) is 7. The molecule has 1 amide bonds. The number of nitrogens with one attached hydrogen (secondary N) is 1. The molecule has 0 radical (unpaired) electrons. The average Bonchev–Trinajstić information content (AvgIpc) is 3.20. The quantitative estimate of drug-likeness (QED) is 0.380. The highest BCUT2D eigenvalue weighted by atomic mass is 32.1. The molecule has 176 valence electrons. The van der Waals surface area contributed by atoms with Crippen molar-refractivity contribution in [1.29, 1.82) is 0 Å². The Kier molecular flexibility index (Phi) is 7.27. The molecule has 4 rings (SSSR count). The molecular weight excluding hydrogens is 452 g/mol. The Bertz CT molecular complexity index is 1210. The van der Waals surface area contributed by atoms with Gasteiger partial charge in [-0.1, -0.05) is 36.4 Å². The van der Waals surface area contributed by atoms with Gasteiger partial charge in [-0.15, -0.1) is 11.3 Å². The van der Waals surface area contributed by atoms with E-state index >= 15 is 0 Å². The standard InChI is InChI=1S/C26H26N2O5S/c1-2-32-26(31)23-20-12-11-17(16-7-4-3-5-8-16)14-21(20)34-24(23)28-22(29)15-33-25(30)18-9-6-10-19(27)13-18/h3-10,13,17H,2,11-12,14-15,27H2,1H3,(H,28,29). The zero-order valence-electron chi connectivity index (χ0n) is 18.8. The number of carbonyl (C=O) groups is 3. The van der Waals surface area contributed by atoms with Gasteiger partial charge in [0.1, 0.15) is 5.00 Å². The van der Waals surface area contributed by atoms with Gasteiger partial charge in [0.15, 0.2) is 6.61 Å². The van der Waals surface area contributed by atoms with Crippen molar-refractivity contribution in [1.82, 2.24) is 0 Å². The first-order valence-corrected chi connectivity index (χ1v) is 12.0. The third-order valence-electron chi connectivity index (χ3n) is 5.73. The number of benzene rings is 2. The minimum Gasteiger partial charge on any atom is -0.462 e. The highest BCUT2D eigenvalue weighted by Gasteiger charge is 2.31. The van der Waals surface area contributed by atoms with Crippen LogP contribution < -0.4 is 11.1 Å². The number of anilines is 2. The number of nitrogens with two attached hydrogens (primary N) is 1. The second-order valence-electron chi connectivity index (χ2n) is 8.03. The Morgan fingerprint density at radius 3 is 2.59 bits per heavy atom. The van der Waals surface area contributed by atoms with E-state index < -0.39 is 24.5 Å². The molecule has 1 aliphatic rings. The summed E-state index contributed by atoms with van der Waals surface area (Å²) >= 11 is 1.39. The predicted octanol–water partition coefficient (Wildman–Crippen LogP) is 4.58. The summed E-state index contributed by atoms with van der Waals surface area (Å²) in [4.78, 5) is 38.6. The second kappa shape index (κ2) is 10.5. The van der Waals surface area contributed by atoms with Crippen molar-refractivity contribution in [2.75, 3.05) is 24.3 Å². The van der Waals surface area contributed by atoms with Crippen LogP contribution in [0.25, 0.3) is 0 Å². The number of hydrogen-bond donors (Lipinski definition) is 2. The molecule has 0 saturated carbocycles. The Balaban J connectivity index is 1.49. The molecule has 3 aromatic rings. The summed E-state index contributed by atoms with van der Waals surface area (Å²) < 4.78 is 10.4. The molecule has 2 aromatic carbocycles. The van der Waals surface area contributed by atoms with Crippen molar-refractivity contribution < 1.29 is 23.9 Å². The smallest absolute Gasteiger partial charge is 0.341 e. The fraction of sp³-hybridized carbons (Fsp3) is 0.269. The van der Waals surface area contributed by atoms with Crippen molar-refractivity contribution in [3.8, 4) is 0 Å². The van der Waals surface area contributed by atoms with Gasteiger partial charge in [0, 0.05) is 10.6 Å². The molecule has 1 atom stereocenters. The van der Waals surface area contributed by atoms with Crippen LogP contribution in [-0.4, -0.2) is 31.1 Å². The van der Waals surface area contributed by atoms with Crippen molar-refractivity contribution in [2.24, 2.45) is 0 Å². The molecule has 0 spiro atoms. The van der Waals surface area contributed by atoms with Gasteiger partial charge in [-0.05, 0) is 61.4 Å². The van der Waals surface area contributed by atoms with E-state index in [-0.39, 0.29) is 12.2 Å².